The van der Waals surface area contributed by atoms with Gasteiger partial charge in [0, 0.05) is 24.0 Å². The molecule has 1 unspecified atom stereocenters. The lowest BCUT2D eigenvalue weighted by molar-refractivity contribution is -0.176. The Morgan fingerprint density at radius 3 is 1.38 bits per heavy atom. The fraction of sp³-hybridized carbons (Fsp3) is 0.0769. The molecule has 0 aliphatic heterocycles. The van der Waals surface area contributed by atoms with Gasteiger partial charge in [0.25, 0.3) is 0 Å². The maximum atomic E-state index is 11.9. The van der Waals surface area contributed by atoms with Crippen molar-refractivity contribution in [3.05, 3.63) is 131 Å². The molecule has 0 fully saturated rings. The van der Waals surface area contributed by atoms with E-state index >= 15 is 0 Å². The first kappa shape index (κ1) is 21.8. The molecule has 0 spiro atoms. The zero-order valence-corrected chi connectivity index (χ0v) is 18.1. The van der Waals surface area contributed by atoms with E-state index in [1.807, 2.05) is 84.9 Å². The van der Waals surface area contributed by atoms with E-state index in [1.54, 1.807) is 24.3 Å². The van der Waals surface area contributed by atoms with Crippen LogP contribution in [0.1, 0.15) is 22.3 Å². The molecule has 4 aromatic rings. The number of para-hydroxylation sites is 2. The summed E-state index contributed by atoms with van der Waals surface area (Å²) < 4.78 is 24.4. The third kappa shape index (κ3) is 5.82. The quantitative estimate of drug-likeness (QED) is 0.261. The normalized spacial score (nSPS) is 11.8. The van der Waals surface area contributed by atoms with E-state index in [-0.39, 0.29) is 0 Å². The van der Waals surface area contributed by atoms with Crippen molar-refractivity contribution in [1.29, 1.82) is 0 Å². The first-order valence-electron chi connectivity index (χ1n) is 10.2. The fourth-order valence-corrected chi connectivity index (χ4v) is 3.63. The van der Waals surface area contributed by atoms with Crippen LogP contribution in [0.2, 0.25) is 0 Å². The van der Waals surface area contributed by atoms with Crippen molar-refractivity contribution in [3.8, 4) is 11.5 Å². The highest BCUT2D eigenvalue weighted by atomic mass is 32.2. The molecule has 4 rings (SSSR count). The summed E-state index contributed by atoms with van der Waals surface area (Å²) in [6.07, 6.45) is 1.20. The van der Waals surface area contributed by atoms with Gasteiger partial charge < -0.3 is 14.2 Å². The van der Waals surface area contributed by atoms with Gasteiger partial charge in [0.15, 0.2) is 11.5 Å². The Labute approximate surface area is 190 Å². The van der Waals surface area contributed by atoms with Gasteiger partial charge in [-0.2, -0.15) is 0 Å². The molecule has 4 aromatic carbocycles. The Kier molecular flexibility index (Phi) is 7.30. The molecule has 0 heterocycles. The minimum Gasteiger partial charge on any atom is -0.755 e. The molecule has 162 valence electrons. The predicted molar refractivity (Wildman–Crippen MR) is 123 cm³/mol. The molecule has 0 aromatic heterocycles. The molecular formula is C26H22NO4S-. The number of hydrogen-bond donors (Lipinski definition) is 0. The zero-order valence-electron chi connectivity index (χ0n) is 17.3. The van der Waals surface area contributed by atoms with Gasteiger partial charge in [-0.1, -0.05) is 97.1 Å². The molecule has 0 amide bonds. The van der Waals surface area contributed by atoms with Gasteiger partial charge in [-0.05, 0) is 23.3 Å². The molecule has 0 saturated heterocycles. The predicted octanol–water partition coefficient (Wildman–Crippen LogP) is 5.25. The molecule has 0 aliphatic rings. The maximum absolute atomic E-state index is 11.9. The van der Waals surface area contributed by atoms with Crippen LogP contribution in [-0.2, 0) is 24.1 Å². The van der Waals surface area contributed by atoms with Crippen molar-refractivity contribution in [1.82, 2.24) is 4.63 Å². The molecule has 0 aliphatic carbocycles. The number of rotatable bonds is 9. The van der Waals surface area contributed by atoms with E-state index in [2.05, 4.69) is 0 Å². The maximum Gasteiger partial charge on any atom is 0.156 e. The highest BCUT2D eigenvalue weighted by Crippen LogP contribution is 2.26. The topological polar surface area (TPSA) is 61.8 Å². The molecule has 0 bridgehead atoms. The van der Waals surface area contributed by atoms with E-state index in [0.29, 0.717) is 29.0 Å². The van der Waals surface area contributed by atoms with Crippen LogP contribution in [0.25, 0.3) is 0 Å². The van der Waals surface area contributed by atoms with E-state index in [4.69, 9.17) is 9.68 Å². The molecule has 0 N–H and O–H groups in total. The first-order chi connectivity index (χ1) is 15.7. The van der Waals surface area contributed by atoms with Crippen LogP contribution in [0.4, 0.5) is 0 Å². The van der Waals surface area contributed by atoms with Gasteiger partial charge in [0.2, 0.25) is 0 Å². The zero-order chi connectivity index (χ0) is 22.2. The van der Waals surface area contributed by atoms with Crippen LogP contribution in [0.3, 0.4) is 0 Å². The van der Waals surface area contributed by atoms with Crippen LogP contribution in [0.15, 0.2) is 109 Å². The average Bonchev–Trinajstić information content (AvgIpc) is 2.82. The number of hydrogen-bond acceptors (Lipinski definition) is 4. The average molecular weight is 445 g/mol. The monoisotopic (exact) mass is 444 g/mol. The molecule has 6 heteroatoms. The number of nitrogens with zero attached hydrogens (tertiary/aromatic N) is 1. The SMILES string of the molecule is O=S([O-])N(Oc1ccccc1Cc1ccccc1)Oc1ccccc1Cc1ccccc1. The van der Waals surface area contributed by atoms with Crippen molar-refractivity contribution in [2.24, 2.45) is 0 Å². The van der Waals surface area contributed by atoms with Gasteiger partial charge >= 0.3 is 0 Å². The van der Waals surface area contributed by atoms with Crippen molar-refractivity contribution < 1.29 is 18.4 Å². The Morgan fingerprint density at radius 2 is 0.969 bits per heavy atom. The van der Waals surface area contributed by atoms with Crippen LogP contribution in [0, 0.1) is 0 Å². The third-order valence-corrected chi connectivity index (χ3v) is 5.28. The van der Waals surface area contributed by atoms with Gasteiger partial charge in [0.05, 0.1) is 11.3 Å². The van der Waals surface area contributed by atoms with Crippen molar-refractivity contribution in [3.63, 3.8) is 0 Å². The Balaban J connectivity index is 1.55. The van der Waals surface area contributed by atoms with Gasteiger partial charge in [-0.25, -0.2) is 0 Å². The molecule has 5 nitrogen and oxygen atoms in total. The molecule has 1 atom stereocenters. The number of benzene rings is 4. The largest absolute Gasteiger partial charge is 0.755 e. The van der Waals surface area contributed by atoms with E-state index in [1.165, 1.54) is 0 Å². The minimum atomic E-state index is -2.77. The van der Waals surface area contributed by atoms with Crippen LogP contribution in [0.5, 0.6) is 11.5 Å². The Hall–Kier alpha value is -3.45. The van der Waals surface area contributed by atoms with Crippen molar-refractivity contribution >= 4 is 11.3 Å². The van der Waals surface area contributed by atoms with E-state index in [0.717, 1.165) is 22.3 Å². The second kappa shape index (κ2) is 10.7. The summed E-state index contributed by atoms with van der Waals surface area (Å²) in [5, 5.41) is 0. The standard InChI is InChI=1S/C26H23NO4S/c28-32(29)27(30-25-17-9-7-15-23(25)19-21-11-3-1-4-12-21)31-26-18-10-8-16-24(26)20-22-13-5-2-6-14-22/h1-18H,19-20H2,(H,28,29)/p-1. The van der Waals surface area contributed by atoms with Crippen molar-refractivity contribution in [2.45, 2.75) is 12.8 Å². The summed E-state index contributed by atoms with van der Waals surface area (Å²) in [4.78, 5) is 11.4. The van der Waals surface area contributed by atoms with Gasteiger partial charge in [-0.3, -0.25) is 4.21 Å². The lowest BCUT2D eigenvalue weighted by Crippen LogP contribution is -2.33. The second-order valence-corrected chi connectivity index (χ2v) is 7.90. The summed E-state index contributed by atoms with van der Waals surface area (Å²) in [6, 6.07) is 34.4. The van der Waals surface area contributed by atoms with Crippen LogP contribution in [-0.4, -0.2) is 13.4 Å². The van der Waals surface area contributed by atoms with Gasteiger partial charge in [-0.15, -0.1) is 0 Å². The summed E-state index contributed by atoms with van der Waals surface area (Å²) in [5.74, 6) is 0.808. The summed E-state index contributed by atoms with van der Waals surface area (Å²) in [6.45, 7) is 0. The third-order valence-electron chi connectivity index (χ3n) is 4.89. The smallest absolute Gasteiger partial charge is 0.156 e. The summed E-state index contributed by atoms with van der Waals surface area (Å²) in [7, 11) is 0. The summed E-state index contributed by atoms with van der Waals surface area (Å²) >= 11 is -2.77. The van der Waals surface area contributed by atoms with Crippen LogP contribution < -0.4 is 9.68 Å². The molecule has 32 heavy (non-hydrogen) atoms. The molecular weight excluding hydrogens is 422 g/mol. The Morgan fingerprint density at radius 1 is 0.594 bits per heavy atom. The fourth-order valence-electron chi connectivity index (χ4n) is 3.35. The van der Waals surface area contributed by atoms with Crippen molar-refractivity contribution in [2.75, 3.05) is 0 Å². The lowest BCUT2D eigenvalue weighted by atomic mass is 10.0. The highest BCUT2D eigenvalue weighted by molar-refractivity contribution is 7.76. The Bertz CT molecular complexity index is 1080. The lowest BCUT2D eigenvalue weighted by Gasteiger charge is -2.25. The summed E-state index contributed by atoms with van der Waals surface area (Å²) in [5.41, 5.74) is 3.87. The van der Waals surface area contributed by atoms with E-state index < -0.39 is 11.3 Å². The highest BCUT2D eigenvalue weighted by Gasteiger charge is 2.16. The van der Waals surface area contributed by atoms with Gasteiger partial charge in [0.1, 0.15) is 4.63 Å². The molecule has 0 radical (unpaired) electrons. The minimum absolute atomic E-state index is 0.404. The second-order valence-electron chi connectivity index (χ2n) is 7.16. The molecule has 0 saturated carbocycles. The van der Waals surface area contributed by atoms with Crippen LogP contribution >= 0.6 is 0 Å². The first-order valence-corrected chi connectivity index (χ1v) is 11.2. The van der Waals surface area contributed by atoms with E-state index in [9.17, 15) is 8.76 Å².